The Balaban J connectivity index is 2.19. The van der Waals surface area contributed by atoms with Crippen LogP contribution in [0.25, 0.3) is 0 Å². The van der Waals surface area contributed by atoms with Gasteiger partial charge >= 0.3 is 0 Å². The van der Waals surface area contributed by atoms with Gasteiger partial charge in [-0.2, -0.15) is 0 Å². The van der Waals surface area contributed by atoms with Crippen molar-refractivity contribution in [2.45, 2.75) is 52.2 Å². The Morgan fingerprint density at radius 1 is 1.20 bits per heavy atom. The Kier molecular flexibility index (Phi) is 4.48. The summed E-state index contributed by atoms with van der Waals surface area (Å²) in [6.07, 6.45) is 1.01. The van der Waals surface area contributed by atoms with Crippen LogP contribution in [0.3, 0.4) is 0 Å². The molecule has 1 aliphatic heterocycles. The molecule has 1 N–H and O–H groups in total. The van der Waals surface area contributed by atoms with E-state index in [4.69, 9.17) is 0 Å². The number of hydrogen-bond donors (Lipinski definition) is 1. The molecule has 1 fully saturated rings. The number of carbonyl (C=O) groups excluding carboxylic acids is 1. The van der Waals surface area contributed by atoms with Crippen molar-refractivity contribution in [2.24, 2.45) is 5.92 Å². The van der Waals surface area contributed by atoms with E-state index in [0.717, 1.165) is 12.0 Å². The molecule has 0 aromatic heterocycles. The van der Waals surface area contributed by atoms with Crippen LogP contribution in [-0.2, 0) is 4.79 Å². The Bertz CT molecular complexity index is 466. The number of likely N-dealkylation sites (N-methyl/N-ethyl adjacent to an activating group) is 1. The molecule has 3 nitrogen and oxygen atoms in total. The zero-order valence-corrected chi connectivity index (χ0v) is 13.2. The number of amides is 1. The lowest BCUT2D eigenvalue weighted by Gasteiger charge is -2.20. The Labute approximate surface area is 122 Å². The predicted molar refractivity (Wildman–Crippen MR) is 82.4 cm³/mol. The predicted octanol–water partition coefficient (Wildman–Crippen LogP) is 3.28. The SMILES string of the molecule is CCC(C)C1NC(c2ccc(C(C)C)cc2)N(C)C1=O. The second kappa shape index (κ2) is 5.96. The number of nitrogens with zero attached hydrogens (tertiary/aromatic N) is 1. The molecule has 3 heteroatoms. The van der Waals surface area contributed by atoms with Gasteiger partial charge in [0.25, 0.3) is 0 Å². The summed E-state index contributed by atoms with van der Waals surface area (Å²) in [4.78, 5) is 14.2. The van der Waals surface area contributed by atoms with E-state index in [1.165, 1.54) is 5.56 Å². The largest absolute Gasteiger partial charge is 0.325 e. The third-order valence-electron chi connectivity index (χ3n) is 4.47. The highest BCUT2D eigenvalue weighted by molar-refractivity contribution is 5.84. The topological polar surface area (TPSA) is 32.3 Å². The van der Waals surface area contributed by atoms with Crippen molar-refractivity contribution in [2.75, 3.05) is 7.05 Å². The highest BCUT2D eigenvalue weighted by Crippen LogP contribution is 2.28. The average Bonchev–Trinajstić information content (AvgIpc) is 2.75. The highest BCUT2D eigenvalue weighted by atomic mass is 16.2. The van der Waals surface area contributed by atoms with E-state index in [1.807, 2.05) is 11.9 Å². The fourth-order valence-corrected chi connectivity index (χ4v) is 2.73. The number of benzene rings is 1. The minimum absolute atomic E-state index is 0.00251. The van der Waals surface area contributed by atoms with Crippen LogP contribution in [0.4, 0.5) is 0 Å². The summed E-state index contributed by atoms with van der Waals surface area (Å²) >= 11 is 0. The van der Waals surface area contributed by atoms with Crippen LogP contribution in [0.2, 0.25) is 0 Å². The van der Waals surface area contributed by atoms with Crippen LogP contribution >= 0.6 is 0 Å². The molecule has 3 atom stereocenters. The lowest BCUT2D eigenvalue weighted by Crippen LogP contribution is -2.35. The summed E-state index contributed by atoms with van der Waals surface area (Å²) in [7, 11) is 1.89. The van der Waals surface area contributed by atoms with Crippen molar-refractivity contribution < 1.29 is 4.79 Å². The first-order chi connectivity index (χ1) is 9.45. The van der Waals surface area contributed by atoms with Gasteiger partial charge in [0, 0.05) is 7.05 Å². The van der Waals surface area contributed by atoms with Gasteiger partial charge in [-0.05, 0) is 23.0 Å². The fraction of sp³-hybridized carbons (Fsp3) is 0.588. The van der Waals surface area contributed by atoms with Gasteiger partial charge in [-0.1, -0.05) is 58.4 Å². The number of carbonyl (C=O) groups is 1. The smallest absolute Gasteiger partial charge is 0.241 e. The van der Waals surface area contributed by atoms with E-state index in [1.54, 1.807) is 0 Å². The van der Waals surface area contributed by atoms with Crippen LogP contribution in [0.15, 0.2) is 24.3 Å². The summed E-state index contributed by atoms with van der Waals surface area (Å²) in [5, 5.41) is 3.48. The summed E-state index contributed by atoms with van der Waals surface area (Å²) in [5.74, 6) is 1.11. The Morgan fingerprint density at radius 2 is 1.80 bits per heavy atom. The van der Waals surface area contributed by atoms with Crippen molar-refractivity contribution in [1.82, 2.24) is 10.2 Å². The van der Waals surface area contributed by atoms with Crippen molar-refractivity contribution in [1.29, 1.82) is 0 Å². The summed E-state index contributed by atoms with van der Waals surface area (Å²) < 4.78 is 0. The van der Waals surface area contributed by atoms with E-state index < -0.39 is 0 Å². The lowest BCUT2D eigenvalue weighted by atomic mass is 9.99. The molecule has 2 rings (SSSR count). The second-order valence-corrected chi connectivity index (χ2v) is 6.20. The first kappa shape index (κ1) is 15.0. The molecule has 110 valence electrons. The summed E-state index contributed by atoms with van der Waals surface area (Å²) in [6.45, 7) is 8.65. The summed E-state index contributed by atoms with van der Waals surface area (Å²) in [6, 6.07) is 8.54. The first-order valence-electron chi connectivity index (χ1n) is 7.58. The monoisotopic (exact) mass is 274 g/mol. The van der Waals surface area contributed by atoms with Gasteiger partial charge in [0.2, 0.25) is 5.91 Å². The van der Waals surface area contributed by atoms with Crippen LogP contribution in [0, 0.1) is 5.92 Å². The summed E-state index contributed by atoms with van der Waals surface area (Å²) in [5.41, 5.74) is 2.50. The molecule has 1 aliphatic rings. The molecule has 0 bridgehead atoms. The fourth-order valence-electron chi connectivity index (χ4n) is 2.73. The van der Waals surface area contributed by atoms with E-state index in [-0.39, 0.29) is 18.1 Å². The third kappa shape index (κ3) is 2.73. The van der Waals surface area contributed by atoms with Crippen molar-refractivity contribution in [3.63, 3.8) is 0 Å². The maximum Gasteiger partial charge on any atom is 0.241 e. The van der Waals surface area contributed by atoms with Crippen molar-refractivity contribution in [3.05, 3.63) is 35.4 Å². The molecule has 1 aromatic carbocycles. The van der Waals surface area contributed by atoms with E-state index in [9.17, 15) is 4.79 Å². The highest BCUT2D eigenvalue weighted by Gasteiger charge is 2.39. The Hall–Kier alpha value is -1.35. The third-order valence-corrected chi connectivity index (χ3v) is 4.47. The quantitative estimate of drug-likeness (QED) is 0.914. The normalized spacial score (nSPS) is 24.5. The standard InChI is InChI=1S/C17H26N2O/c1-6-12(4)15-17(20)19(5)16(18-15)14-9-7-13(8-10-14)11(2)3/h7-12,15-16,18H,6H2,1-5H3. The second-order valence-electron chi connectivity index (χ2n) is 6.20. The van der Waals surface area contributed by atoms with Gasteiger partial charge < -0.3 is 4.90 Å². The molecular weight excluding hydrogens is 248 g/mol. The molecule has 0 aliphatic carbocycles. The first-order valence-corrected chi connectivity index (χ1v) is 7.58. The minimum atomic E-state index is -0.0558. The molecule has 0 radical (unpaired) electrons. The molecular formula is C17H26N2O. The number of rotatable bonds is 4. The van der Waals surface area contributed by atoms with Crippen molar-refractivity contribution in [3.8, 4) is 0 Å². The molecule has 20 heavy (non-hydrogen) atoms. The molecule has 0 saturated carbocycles. The molecule has 1 aromatic rings. The maximum absolute atomic E-state index is 12.3. The zero-order valence-electron chi connectivity index (χ0n) is 13.2. The van der Waals surface area contributed by atoms with E-state index in [0.29, 0.717) is 11.8 Å². The average molecular weight is 274 g/mol. The van der Waals surface area contributed by atoms with Crippen LogP contribution < -0.4 is 5.32 Å². The van der Waals surface area contributed by atoms with Crippen LogP contribution in [-0.4, -0.2) is 23.9 Å². The molecule has 0 spiro atoms. The zero-order chi connectivity index (χ0) is 14.9. The van der Waals surface area contributed by atoms with Gasteiger partial charge in [0.15, 0.2) is 0 Å². The van der Waals surface area contributed by atoms with Crippen LogP contribution in [0.5, 0.6) is 0 Å². The minimum Gasteiger partial charge on any atom is -0.325 e. The maximum atomic E-state index is 12.3. The van der Waals surface area contributed by atoms with Gasteiger partial charge in [-0.25, -0.2) is 0 Å². The lowest BCUT2D eigenvalue weighted by molar-refractivity contribution is -0.129. The molecule has 1 heterocycles. The van der Waals surface area contributed by atoms with E-state index >= 15 is 0 Å². The van der Waals surface area contributed by atoms with Gasteiger partial charge in [-0.3, -0.25) is 10.1 Å². The molecule has 3 unspecified atom stereocenters. The number of nitrogens with one attached hydrogen (secondary N) is 1. The van der Waals surface area contributed by atoms with Crippen molar-refractivity contribution >= 4 is 5.91 Å². The van der Waals surface area contributed by atoms with Crippen LogP contribution in [0.1, 0.15) is 57.3 Å². The van der Waals surface area contributed by atoms with Gasteiger partial charge in [-0.15, -0.1) is 0 Å². The Morgan fingerprint density at radius 3 is 2.30 bits per heavy atom. The van der Waals surface area contributed by atoms with Gasteiger partial charge in [0.05, 0.1) is 6.04 Å². The molecule has 1 saturated heterocycles. The van der Waals surface area contributed by atoms with E-state index in [2.05, 4.69) is 57.3 Å². The van der Waals surface area contributed by atoms with Gasteiger partial charge in [0.1, 0.15) is 6.17 Å². The molecule has 1 amide bonds. The number of hydrogen-bond acceptors (Lipinski definition) is 2.